The van der Waals surface area contributed by atoms with Crippen molar-refractivity contribution in [2.75, 3.05) is 45.8 Å². The van der Waals surface area contributed by atoms with E-state index >= 15 is 0 Å². The summed E-state index contributed by atoms with van der Waals surface area (Å²) in [5.74, 6) is 0. The molecule has 35 heteroatoms. The highest BCUT2D eigenvalue weighted by atomic mass is 16.8. The van der Waals surface area contributed by atoms with Crippen LogP contribution in [0.25, 0.3) is 0 Å². The second kappa shape index (κ2) is 26.0. The van der Waals surface area contributed by atoms with Gasteiger partial charge >= 0.3 is 0 Å². The molecule has 14 bridgehead atoms. The van der Waals surface area contributed by atoms with E-state index < -0.39 is 261 Å². The molecule has 21 aliphatic heterocycles. The van der Waals surface area contributed by atoms with E-state index in [2.05, 4.69) is 0 Å². The van der Waals surface area contributed by atoms with E-state index in [0.29, 0.717) is 0 Å². The summed E-state index contributed by atoms with van der Waals surface area (Å²) in [6, 6.07) is 0. The van der Waals surface area contributed by atoms with Crippen LogP contribution in [0, 0.1) is 0 Å². The van der Waals surface area contributed by atoms with Crippen molar-refractivity contribution in [2.45, 2.75) is 215 Å². The summed E-state index contributed by atoms with van der Waals surface area (Å²) in [7, 11) is 0. The van der Waals surface area contributed by atoms with E-state index in [0.717, 1.165) is 0 Å². The van der Waals surface area contributed by atoms with Crippen molar-refractivity contribution in [3.8, 4) is 0 Å². The molecule has 21 rings (SSSR count). The molecule has 28 N–H and O–H groups in total. The number of ether oxygens (including phenoxy) is 14. The monoisotopic (exact) mass is 1130 g/mol. The van der Waals surface area contributed by atoms with Crippen LogP contribution in [0.1, 0.15) is 0 Å². The van der Waals surface area contributed by atoms with Crippen LogP contribution in [-0.4, -0.2) is 332 Å². The Kier molecular flexibility index (Phi) is 20.8. The van der Waals surface area contributed by atoms with Crippen LogP contribution < -0.4 is 40.1 Å². The van der Waals surface area contributed by atoms with Gasteiger partial charge in [-0.05, 0) is 0 Å². The molecule has 21 fully saturated rings. The Balaban J connectivity index is 1.08. The van der Waals surface area contributed by atoms with E-state index in [4.69, 9.17) is 106 Å². The third-order valence-corrected chi connectivity index (χ3v) is 15.1. The standard InChI is InChI=1S/C42H77N7O28/c43-1-8-29-15(50)22(57)36(64-8)72-30-9(2-44)66-38(24(59)17(30)52)74-32-11(4-46)68-40(26(61)19(32)54)76-34-13(6-48)70-42(28(63)21(34)56)77-35-14(7-49)69-41(27(62)20(35)55)75-33-12(5-47)67-39(25(60)18(33)53)73-31-10(3-45)65-37(71-29)23(58)16(31)51/h8-42,50-63H,1-7,43-49H2/t8-,9-,10-,11-,12-,13-,14-,15-,16-,17-,18-,19-,20-,21-,22-,23-,24-,25-,26-,27-,28?,29-,30-,31-,32-,33-,34-,35-,36-,37-,38-,39-,40-,41-,42-/m1/s1. The van der Waals surface area contributed by atoms with Gasteiger partial charge in [-0.3, -0.25) is 0 Å². The van der Waals surface area contributed by atoms with E-state index in [9.17, 15) is 71.5 Å². The molecule has 35 atom stereocenters. The Hall–Kier alpha value is -1.40. The molecule has 77 heavy (non-hydrogen) atoms. The molecule has 1 unspecified atom stereocenters. The lowest BCUT2D eigenvalue weighted by molar-refractivity contribution is -0.391. The van der Waals surface area contributed by atoms with Gasteiger partial charge in [-0.15, -0.1) is 0 Å². The van der Waals surface area contributed by atoms with Crippen LogP contribution in [0.5, 0.6) is 0 Å². The minimum atomic E-state index is -2.05. The summed E-state index contributed by atoms with van der Waals surface area (Å²) in [4.78, 5) is 0. The first-order valence-corrected chi connectivity index (χ1v) is 25.3. The van der Waals surface area contributed by atoms with E-state index in [-0.39, 0.29) is 0 Å². The largest absolute Gasteiger partial charge is 0.387 e. The highest BCUT2D eigenvalue weighted by molar-refractivity contribution is 5.02. The maximum Gasteiger partial charge on any atom is 0.187 e. The fourth-order valence-corrected chi connectivity index (χ4v) is 10.7. The molecular weight excluding hydrogens is 1050 g/mol. The van der Waals surface area contributed by atoms with Crippen LogP contribution >= 0.6 is 0 Å². The molecule has 21 aliphatic rings. The van der Waals surface area contributed by atoms with Crippen molar-refractivity contribution in [1.29, 1.82) is 0 Å². The van der Waals surface area contributed by atoms with Gasteiger partial charge in [-0.1, -0.05) is 0 Å². The van der Waals surface area contributed by atoms with Crippen molar-refractivity contribution in [3.05, 3.63) is 0 Å². The second-order valence-electron chi connectivity index (χ2n) is 20.0. The molecule has 0 aliphatic carbocycles. The number of aliphatic hydroxyl groups is 14. The summed E-state index contributed by atoms with van der Waals surface area (Å²) >= 11 is 0. The Morgan fingerprint density at radius 3 is 0.364 bits per heavy atom. The number of aliphatic hydroxyl groups excluding tert-OH is 14. The fourth-order valence-electron chi connectivity index (χ4n) is 10.7. The Bertz CT molecular complexity index is 1490. The van der Waals surface area contributed by atoms with Crippen LogP contribution in [0.2, 0.25) is 0 Å². The molecule has 448 valence electrons. The number of rotatable bonds is 7. The van der Waals surface area contributed by atoms with Gasteiger partial charge in [0.1, 0.15) is 171 Å². The Morgan fingerprint density at radius 2 is 0.273 bits per heavy atom. The van der Waals surface area contributed by atoms with Crippen LogP contribution in [0.15, 0.2) is 0 Å². The van der Waals surface area contributed by atoms with Crippen molar-refractivity contribution in [3.63, 3.8) is 0 Å². The topological polar surface area (TPSA) is 595 Å². The van der Waals surface area contributed by atoms with Crippen LogP contribution in [-0.2, 0) is 66.3 Å². The third-order valence-electron chi connectivity index (χ3n) is 15.1. The van der Waals surface area contributed by atoms with Crippen molar-refractivity contribution >= 4 is 0 Å². The molecule has 0 aromatic carbocycles. The summed E-state index contributed by atoms with van der Waals surface area (Å²) < 4.78 is 82.4. The first-order chi connectivity index (χ1) is 36.7. The third kappa shape index (κ3) is 12.1. The van der Waals surface area contributed by atoms with Gasteiger partial charge in [0, 0.05) is 45.8 Å². The van der Waals surface area contributed by atoms with Gasteiger partial charge in [0.25, 0.3) is 0 Å². The average Bonchev–Trinajstić information content (AvgIpc) is 3.45. The molecule has 0 aromatic rings. The lowest BCUT2D eigenvalue weighted by Gasteiger charge is -2.50. The molecule has 0 radical (unpaired) electrons. The molecule has 35 nitrogen and oxygen atoms in total. The lowest BCUT2D eigenvalue weighted by atomic mass is 9.95. The minimum Gasteiger partial charge on any atom is -0.387 e. The van der Waals surface area contributed by atoms with E-state index in [1.807, 2.05) is 0 Å². The predicted octanol–water partition coefficient (Wildman–Crippen LogP) is -15.5. The second-order valence-corrected chi connectivity index (χ2v) is 20.0. The van der Waals surface area contributed by atoms with Crippen molar-refractivity contribution in [1.82, 2.24) is 0 Å². The average molecular weight is 1130 g/mol. The highest BCUT2D eigenvalue weighted by Crippen LogP contribution is 2.38. The zero-order valence-corrected chi connectivity index (χ0v) is 41.2. The maximum atomic E-state index is 11.5. The summed E-state index contributed by atoms with van der Waals surface area (Å²) in [6.07, 6.45) is -62.7. The summed E-state index contributed by atoms with van der Waals surface area (Å²) in [5, 5.41) is 160. The molecule has 0 aromatic heterocycles. The first-order valence-electron chi connectivity index (χ1n) is 25.3. The molecule has 21 heterocycles. The van der Waals surface area contributed by atoms with Crippen LogP contribution in [0.4, 0.5) is 0 Å². The van der Waals surface area contributed by atoms with E-state index in [1.165, 1.54) is 0 Å². The van der Waals surface area contributed by atoms with Gasteiger partial charge in [-0.25, -0.2) is 0 Å². The molecule has 0 saturated carbocycles. The smallest absolute Gasteiger partial charge is 0.187 e. The van der Waals surface area contributed by atoms with Gasteiger partial charge in [-0.2, -0.15) is 0 Å². The lowest BCUT2D eigenvalue weighted by Crippen LogP contribution is -2.69. The number of hydrogen-bond acceptors (Lipinski definition) is 35. The minimum absolute atomic E-state index is 0.466. The molecule has 0 spiro atoms. The Morgan fingerprint density at radius 1 is 0.169 bits per heavy atom. The normalized spacial score (nSPS) is 55.4. The first kappa shape index (κ1) is 61.7. The molecule has 0 amide bonds. The zero-order valence-electron chi connectivity index (χ0n) is 41.2. The zero-order chi connectivity index (χ0) is 56.1. The fraction of sp³-hybridized carbons (Fsp3) is 1.00. The number of nitrogens with two attached hydrogens (primary N) is 7. The van der Waals surface area contributed by atoms with Crippen molar-refractivity contribution in [2.24, 2.45) is 40.1 Å². The van der Waals surface area contributed by atoms with Gasteiger partial charge < -0.3 is 178 Å². The maximum absolute atomic E-state index is 11.5. The predicted molar refractivity (Wildman–Crippen MR) is 242 cm³/mol. The number of hydrogen-bond donors (Lipinski definition) is 21. The molecular formula is C42H77N7O28. The highest BCUT2D eigenvalue weighted by Gasteiger charge is 2.59. The van der Waals surface area contributed by atoms with E-state index in [1.54, 1.807) is 0 Å². The SMILES string of the molecule is NC[C@H]1O[C@@H]2O[C@H]3[C@H](O)[C@@H](O)[C@@H](O[C@H]4[C@H](O)[C@@H](O)[C@@H](O[C@H]5[C@H](O)[C@@H](O)[C@@H](O[C@H]6[C@H](O)[C@@H](O)[C@@H](O[C@H]7[C@H](O)[C@@H](O)[C@@H](O[C@H]8[C@H](O)C(O)[C@@H](O[C@H]1[C@H](O)[C@H]2O)O[C@@H]8CN)O[C@@H]7CN)O[C@@H]6CN)O[C@@H]5CN)O[C@@H]4CN)O[C@@H]3CN. The van der Waals surface area contributed by atoms with Gasteiger partial charge in [0.15, 0.2) is 44.0 Å². The van der Waals surface area contributed by atoms with Gasteiger partial charge in [0.2, 0.25) is 0 Å². The molecule has 21 saturated heterocycles. The van der Waals surface area contributed by atoms with Crippen LogP contribution in [0.3, 0.4) is 0 Å². The quantitative estimate of drug-likeness (QED) is 0.113. The van der Waals surface area contributed by atoms with Gasteiger partial charge in [0.05, 0.1) is 0 Å². The van der Waals surface area contributed by atoms with Crippen molar-refractivity contribution < 1.29 is 138 Å². The summed E-state index contributed by atoms with van der Waals surface area (Å²) in [5.41, 5.74) is 42.1. The summed E-state index contributed by atoms with van der Waals surface area (Å²) in [6.45, 7) is -3.26. The Labute approximate surface area is 438 Å².